The lowest BCUT2D eigenvalue weighted by molar-refractivity contribution is 0.0940. The highest BCUT2D eigenvalue weighted by atomic mass is 32.2. The van der Waals surface area contributed by atoms with E-state index in [1.165, 1.54) is 18.2 Å². The van der Waals surface area contributed by atoms with Crippen molar-refractivity contribution in [3.05, 3.63) is 29.8 Å². The van der Waals surface area contributed by atoms with Crippen LogP contribution in [0.3, 0.4) is 0 Å². The molecular formula is C10H14N2O3S. The summed E-state index contributed by atoms with van der Waals surface area (Å²) in [5.41, 5.74) is 0.0682. The third-order valence-electron chi connectivity index (χ3n) is 1.86. The monoisotopic (exact) mass is 242 g/mol. The van der Waals surface area contributed by atoms with Gasteiger partial charge in [-0.25, -0.2) is 13.6 Å². The summed E-state index contributed by atoms with van der Waals surface area (Å²) in [4.78, 5) is 11.5. The zero-order chi connectivity index (χ0) is 12.3. The molecule has 0 atom stereocenters. The summed E-state index contributed by atoms with van der Waals surface area (Å²) >= 11 is 0. The van der Waals surface area contributed by atoms with Crippen molar-refractivity contribution in [1.29, 1.82) is 0 Å². The molecule has 1 aromatic carbocycles. The van der Waals surface area contributed by atoms with Gasteiger partial charge in [0, 0.05) is 6.04 Å². The van der Waals surface area contributed by atoms with Crippen LogP contribution in [0, 0.1) is 0 Å². The van der Waals surface area contributed by atoms with Gasteiger partial charge in [-0.05, 0) is 26.0 Å². The number of carbonyl (C=O) groups excluding carboxylic acids is 1. The van der Waals surface area contributed by atoms with Crippen molar-refractivity contribution in [2.75, 3.05) is 0 Å². The number of rotatable bonds is 3. The molecule has 0 fully saturated rings. The van der Waals surface area contributed by atoms with Crippen molar-refractivity contribution in [2.45, 2.75) is 24.8 Å². The Morgan fingerprint density at radius 2 is 1.88 bits per heavy atom. The van der Waals surface area contributed by atoms with Crippen molar-refractivity contribution in [2.24, 2.45) is 5.14 Å². The van der Waals surface area contributed by atoms with E-state index in [4.69, 9.17) is 5.14 Å². The SMILES string of the molecule is CC(C)NC(=O)c1ccccc1S(N)(=O)=O. The molecule has 6 heteroatoms. The predicted molar refractivity (Wildman–Crippen MR) is 60.4 cm³/mol. The smallest absolute Gasteiger partial charge is 0.252 e. The molecule has 0 radical (unpaired) electrons. The molecule has 5 nitrogen and oxygen atoms in total. The topological polar surface area (TPSA) is 89.3 Å². The van der Waals surface area contributed by atoms with Crippen molar-refractivity contribution in [1.82, 2.24) is 5.32 Å². The van der Waals surface area contributed by atoms with Gasteiger partial charge >= 0.3 is 0 Å². The summed E-state index contributed by atoms with van der Waals surface area (Å²) in [5, 5.41) is 7.63. The van der Waals surface area contributed by atoms with Gasteiger partial charge in [-0.1, -0.05) is 12.1 Å². The number of amides is 1. The first-order chi connectivity index (χ1) is 7.32. The van der Waals surface area contributed by atoms with E-state index in [0.717, 1.165) is 0 Å². The van der Waals surface area contributed by atoms with Crippen LogP contribution in [0.1, 0.15) is 24.2 Å². The minimum atomic E-state index is -3.88. The molecule has 88 valence electrons. The normalized spacial score (nSPS) is 11.5. The van der Waals surface area contributed by atoms with Crippen LogP contribution < -0.4 is 10.5 Å². The summed E-state index contributed by atoms with van der Waals surface area (Å²) in [6.45, 7) is 3.58. The van der Waals surface area contributed by atoms with E-state index in [2.05, 4.69) is 5.32 Å². The summed E-state index contributed by atoms with van der Waals surface area (Å²) < 4.78 is 22.5. The van der Waals surface area contributed by atoms with Gasteiger partial charge in [0.2, 0.25) is 10.0 Å². The Morgan fingerprint density at radius 1 is 1.31 bits per heavy atom. The van der Waals surface area contributed by atoms with Crippen LogP contribution in [-0.4, -0.2) is 20.4 Å². The van der Waals surface area contributed by atoms with Gasteiger partial charge in [-0.3, -0.25) is 4.79 Å². The standard InChI is InChI=1S/C10H14N2O3S/c1-7(2)12-10(13)8-5-3-4-6-9(8)16(11,14)15/h3-7H,1-2H3,(H,12,13)(H2,11,14,15). The summed E-state index contributed by atoms with van der Waals surface area (Å²) in [7, 11) is -3.88. The number of benzene rings is 1. The van der Waals surface area contributed by atoms with Gasteiger partial charge in [-0.15, -0.1) is 0 Å². The molecule has 1 aromatic rings. The highest BCUT2D eigenvalue weighted by Gasteiger charge is 2.18. The molecule has 0 saturated carbocycles. The molecule has 3 N–H and O–H groups in total. The number of nitrogens with one attached hydrogen (secondary N) is 1. The Labute approximate surface area is 94.7 Å². The van der Waals surface area contributed by atoms with E-state index in [1.54, 1.807) is 19.9 Å². The second kappa shape index (κ2) is 4.63. The highest BCUT2D eigenvalue weighted by Crippen LogP contribution is 2.13. The minimum absolute atomic E-state index is 0.0682. The predicted octanol–water partition coefficient (Wildman–Crippen LogP) is 0.472. The lowest BCUT2D eigenvalue weighted by Gasteiger charge is -2.10. The second-order valence-electron chi connectivity index (χ2n) is 3.67. The number of hydrogen-bond donors (Lipinski definition) is 2. The Morgan fingerprint density at radius 3 is 2.38 bits per heavy atom. The van der Waals surface area contributed by atoms with E-state index < -0.39 is 15.9 Å². The van der Waals surface area contributed by atoms with E-state index in [1.807, 2.05) is 0 Å². The second-order valence-corrected chi connectivity index (χ2v) is 5.20. The molecular weight excluding hydrogens is 228 g/mol. The molecule has 1 amide bonds. The number of hydrogen-bond acceptors (Lipinski definition) is 3. The maximum atomic E-state index is 11.7. The van der Waals surface area contributed by atoms with Gasteiger partial charge in [0.15, 0.2) is 0 Å². The number of sulfonamides is 1. The van der Waals surface area contributed by atoms with Crippen LogP contribution >= 0.6 is 0 Å². The Balaban J connectivity index is 3.19. The van der Waals surface area contributed by atoms with Crippen molar-refractivity contribution < 1.29 is 13.2 Å². The summed E-state index contributed by atoms with van der Waals surface area (Å²) in [6, 6.07) is 5.78. The average Bonchev–Trinajstić information content (AvgIpc) is 2.15. The quantitative estimate of drug-likeness (QED) is 0.807. The lowest BCUT2D eigenvalue weighted by Crippen LogP contribution is -2.31. The molecule has 16 heavy (non-hydrogen) atoms. The van der Waals surface area contributed by atoms with Crippen molar-refractivity contribution >= 4 is 15.9 Å². The van der Waals surface area contributed by atoms with Crippen LogP contribution in [0.15, 0.2) is 29.2 Å². The first kappa shape index (κ1) is 12.7. The molecule has 0 bridgehead atoms. The highest BCUT2D eigenvalue weighted by molar-refractivity contribution is 7.89. The molecule has 0 aliphatic heterocycles. The fourth-order valence-electron chi connectivity index (χ4n) is 1.24. The number of primary sulfonamides is 1. The largest absolute Gasteiger partial charge is 0.350 e. The molecule has 0 saturated heterocycles. The molecule has 0 spiro atoms. The fraction of sp³-hybridized carbons (Fsp3) is 0.300. The van der Waals surface area contributed by atoms with Gasteiger partial charge in [0.05, 0.1) is 10.5 Å². The Kier molecular flexibility index (Phi) is 3.66. The van der Waals surface area contributed by atoms with Crippen LogP contribution in [-0.2, 0) is 10.0 Å². The molecule has 1 rings (SSSR count). The Hall–Kier alpha value is -1.40. The van der Waals surface area contributed by atoms with Crippen LogP contribution in [0.4, 0.5) is 0 Å². The van der Waals surface area contributed by atoms with E-state index >= 15 is 0 Å². The first-order valence-electron chi connectivity index (χ1n) is 4.75. The van der Waals surface area contributed by atoms with E-state index in [9.17, 15) is 13.2 Å². The van der Waals surface area contributed by atoms with E-state index in [-0.39, 0.29) is 16.5 Å². The average molecular weight is 242 g/mol. The summed E-state index contributed by atoms with van der Waals surface area (Å²) in [5.74, 6) is -0.445. The molecule has 0 heterocycles. The maximum absolute atomic E-state index is 11.7. The van der Waals surface area contributed by atoms with Crippen LogP contribution in [0.25, 0.3) is 0 Å². The Bertz CT molecular complexity index is 495. The minimum Gasteiger partial charge on any atom is -0.350 e. The van der Waals surface area contributed by atoms with Gasteiger partial charge in [0.25, 0.3) is 5.91 Å². The fourth-order valence-corrected chi connectivity index (χ4v) is 1.98. The molecule has 0 aromatic heterocycles. The van der Waals surface area contributed by atoms with Crippen molar-refractivity contribution in [3.8, 4) is 0 Å². The van der Waals surface area contributed by atoms with Crippen LogP contribution in [0.5, 0.6) is 0 Å². The molecule has 0 aliphatic rings. The van der Waals surface area contributed by atoms with Gasteiger partial charge < -0.3 is 5.32 Å². The van der Waals surface area contributed by atoms with Crippen molar-refractivity contribution in [3.63, 3.8) is 0 Å². The third kappa shape index (κ3) is 3.04. The number of carbonyl (C=O) groups is 1. The summed E-state index contributed by atoms with van der Waals surface area (Å²) in [6.07, 6.45) is 0. The maximum Gasteiger partial charge on any atom is 0.252 e. The van der Waals surface area contributed by atoms with Gasteiger partial charge in [-0.2, -0.15) is 0 Å². The zero-order valence-corrected chi connectivity index (χ0v) is 9.91. The third-order valence-corrected chi connectivity index (χ3v) is 2.83. The lowest BCUT2D eigenvalue weighted by atomic mass is 10.2. The number of nitrogens with two attached hydrogens (primary N) is 1. The van der Waals surface area contributed by atoms with E-state index in [0.29, 0.717) is 0 Å². The molecule has 0 unspecified atom stereocenters. The van der Waals surface area contributed by atoms with Crippen LogP contribution in [0.2, 0.25) is 0 Å². The molecule has 0 aliphatic carbocycles. The first-order valence-corrected chi connectivity index (χ1v) is 6.29. The van der Waals surface area contributed by atoms with Gasteiger partial charge in [0.1, 0.15) is 0 Å². The zero-order valence-electron chi connectivity index (χ0n) is 9.10.